The Balaban J connectivity index is 2.78. The Labute approximate surface area is 188 Å². The number of esters is 1. The lowest BCUT2D eigenvalue weighted by molar-refractivity contribution is -0.156. The highest BCUT2D eigenvalue weighted by atomic mass is 32.2. The van der Waals surface area contributed by atoms with Crippen LogP contribution in [0.4, 0.5) is 4.79 Å². The van der Waals surface area contributed by atoms with Gasteiger partial charge in [0.25, 0.3) is 16.1 Å². The molecule has 178 valence electrons. The third kappa shape index (κ3) is 10.9. The lowest BCUT2D eigenvalue weighted by Crippen LogP contribution is -2.56. The smallest absolute Gasteiger partial charge is 0.408 e. The van der Waals surface area contributed by atoms with E-state index in [4.69, 9.17) is 4.74 Å². The van der Waals surface area contributed by atoms with E-state index in [2.05, 4.69) is 21.4 Å². The van der Waals surface area contributed by atoms with Gasteiger partial charge in [0.05, 0.1) is 0 Å². The third-order valence-corrected chi connectivity index (χ3v) is 4.61. The quantitative estimate of drug-likeness (QED) is 0.211. The van der Waals surface area contributed by atoms with E-state index in [1.54, 1.807) is 51.1 Å². The fourth-order valence-corrected chi connectivity index (χ4v) is 3.10. The zero-order chi connectivity index (χ0) is 24.4. The molecule has 2 amide bonds. The molecule has 0 aliphatic heterocycles. The number of ether oxygens (including phenoxy) is 2. The van der Waals surface area contributed by atoms with Crippen molar-refractivity contribution in [3.8, 4) is 0 Å². The van der Waals surface area contributed by atoms with Crippen molar-refractivity contribution in [1.29, 1.82) is 0 Å². The van der Waals surface area contributed by atoms with E-state index in [0.717, 1.165) is 0 Å². The van der Waals surface area contributed by atoms with Crippen molar-refractivity contribution in [3.05, 3.63) is 48.6 Å². The molecule has 12 heteroatoms. The molecule has 0 fully saturated rings. The summed E-state index contributed by atoms with van der Waals surface area (Å²) in [5, 5.41) is 2.22. The largest absolute Gasteiger partial charge is 0.459 e. The van der Waals surface area contributed by atoms with Crippen LogP contribution in [0.3, 0.4) is 0 Å². The van der Waals surface area contributed by atoms with Crippen LogP contribution in [0.5, 0.6) is 0 Å². The van der Waals surface area contributed by atoms with Crippen molar-refractivity contribution in [2.24, 2.45) is 0 Å². The number of nitrogens with one attached hydrogen (secondary N) is 4. The van der Waals surface area contributed by atoms with E-state index in [1.807, 2.05) is 10.3 Å². The third-order valence-electron chi connectivity index (χ3n) is 3.64. The molecule has 11 nitrogen and oxygen atoms in total. The van der Waals surface area contributed by atoms with Gasteiger partial charge in [0.1, 0.15) is 24.3 Å². The first-order valence-electron chi connectivity index (χ1n) is 9.73. The summed E-state index contributed by atoms with van der Waals surface area (Å²) >= 11 is 0. The van der Waals surface area contributed by atoms with Crippen molar-refractivity contribution < 1.29 is 32.3 Å². The van der Waals surface area contributed by atoms with Crippen LogP contribution in [0.15, 0.2) is 43.0 Å². The molecule has 0 radical (unpaired) electrons. The van der Waals surface area contributed by atoms with E-state index in [1.165, 1.54) is 13.0 Å². The molecule has 0 aromatic heterocycles. The second kappa shape index (κ2) is 12.2. The molecule has 0 heterocycles. The number of carbonyl (C=O) groups excluding carboxylic acids is 3. The first-order valence-corrected chi connectivity index (χ1v) is 11.2. The molecule has 1 aromatic carbocycles. The van der Waals surface area contributed by atoms with Crippen LogP contribution >= 0.6 is 0 Å². The van der Waals surface area contributed by atoms with E-state index in [9.17, 15) is 22.8 Å². The lowest BCUT2D eigenvalue weighted by atomic mass is 10.1. The zero-order valence-electron chi connectivity index (χ0n) is 18.5. The minimum Gasteiger partial charge on any atom is -0.459 e. The van der Waals surface area contributed by atoms with E-state index in [0.29, 0.717) is 5.56 Å². The van der Waals surface area contributed by atoms with E-state index >= 15 is 0 Å². The van der Waals surface area contributed by atoms with Crippen LogP contribution < -0.4 is 20.3 Å². The average molecular weight is 471 g/mol. The second-order valence-electron chi connectivity index (χ2n) is 7.74. The maximum Gasteiger partial charge on any atom is 0.408 e. The van der Waals surface area contributed by atoms with Gasteiger partial charge in [-0.3, -0.25) is 15.0 Å². The molecule has 0 aliphatic carbocycles. The van der Waals surface area contributed by atoms with Crippen LogP contribution in [0.25, 0.3) is 0 Å². The SMILES string of the molecule is C=CCOC(=O)N[C@@H](C)C(=O)NNS(=O)(=O)N[C@H](Cc1ccccc1)C(=O)OC(C)(C)C. The molecule has 32 heavy (non-hydrogen) atoms. The minimum atomic E-state index is -4.36. The molecule has 0 aliphatic rings. The van der Waals surface area contributed by atoms with Gasteiger partial charge in [0.2, 0.25) is 0 Å². The summed E-state index contributed by atoms with van der Waals surface area (Å²) in [6.07, 6.45) is 0.500. The number of hydrazine groups is 1. The fraction of sp³-hybridized carbons (Fsp3) is 0.450. The fourth-order valence-electron chi connectivity index (χ4n) is 2.26. The first-order chi connectivity index (χ1) is 14.8. The molecular formula is C20H30N4O7S. The molecule has 0 unspecified atom stereocenters. The Bertz CT molecular complexity index is 898. The van der Waals surface area contributed by atoms with Gasteiger partial charge in [-0.05, 0) is 39.7 Å². The Morgan fingerprint density at radius 3 is 2.34 bits per heavy atom. The van der Waals surface area contributed by atoms with E-state index < -0.39 is 45.9 Å². The lowest BCUT2D eigenvalue weighted by Gasteiger charge is -2.24. The van der Waals surface area contributed by atoms with E-state index in [-0.39, 0.29) is 13.0 Å². The second-order valence-corrected chi connectivity index (χ2v) is 9.19. The summed E-state index contributed by atoms with van der Waals surface area (Å²) in [6.45, 7) is 9.63. The zero-order valence-corrected chi connectivity index (χ0v) is 19.3. The van der Waals surface area contributed by atoms with Gasteiger partial charge in [-0.1, -0.05) is 43.0 Å². The maximum absolute atomic E-state index is 12.6. The Hall–Kier alpha value is -2.96. The molecule has 0 spiro atoms. The summed E-state index contributed by atoms with van der Waals surface area (Å²) in [4.78, 5) is 37.9. The van der Waals surface area contributed by atoms with Crippen molar-refractivity contribution in [1.82, 2.24) is 20.3 Å². The Morgan fingerprint density at radius 2 is 1.78 bits per heavy atom. The summed E-state index contributed by atoms with van der Waals surface area (Å²) in [5.74, 6) is -1.64. The van der Waals surface area contributed by atoms with Gasteiger partial charge >= 0.3 is 12.1 Å². The van der Waals surface area contributed by atoms with Crippen LogP contribution in [-0.4, -0.2) is 50.7 Å². The van der Waals surface area contributed by atoms with Crippen LogP contribution in [0, 0.1) is 0 Å². The molecule has 0 bridgehead atoms. The normalized spacial score (nSPS) is 13.4. The van der Waals surface area contributed by atoms with Crippen molar-refractivity contribution in [2.75, 3.05) is 6.61 Å². The van der Waals surface area contributed by atoms with Gasteiger partial charge < -0.3 is 14.8 Å². The molecule has 0 saturated carbocycles. The number of amides is 2. The van der Waals surface area contributed by atoms with Crippen molar-refractivity contribution in [2.45, 2.75) is 51.8 Å². The maximum atomic E-state index is 12.6. The molecular weight excluding hydrogens is 440 g/mol. The molecule has 1 aromatic rings. The molecule has 0 saturated heterocycles. The standard InChI is InChI=1S/C20H30N4O7S/c1-6-12-30-19(27)21-14(2)17(25)22-24-32(28,29)23-16(18(26)31-20(3,4)5)13-15-10-8-7-9-11-15/h6-11,14,16,23-24H,1,12-13H2,2-5H3,(H,21,27)(H,22,25)/t14-,16+/m0/s1. The highest BCUT2D eigenvalue weighted by Gasteiger charge is 2.30. The number of benzene rings is 1. The number of alkyl carbamates (subject to hydrolysis) is 1. The topological polar surface area (TPSA) is 152 Å². The highest BCUT2D eigenvalue weighted by molar-refractivity contribution is 7.87. The van der Waals surface area contributed by atoms with Crippen LogP contribution in [0.2, 0.25) is 0 Å². The van der Waals surface area contributed by atoms with Crippen molar-refractivity contribution >= 4 is 28.2 Å². The predicted octanol–water partition coefficient (Wildman–Crippen LogP) is 0.695. The summed E-state index contributed by atoms with van der Waals surface area (Å²) in [7, 11) is -4.36. The van der Waals surface area contributed by atoms with Gasteiger partial charge in [-0.25, -0.2) is 4.79 Å². The Kier molecular flexibility index (Phi) is 10.3. The monoisotopic (exact) mass is 470 g/mol. The molecule has 1 rings (SSSR count). The van der Waals surface area contributed by atoms with Crippen LogP contribution in [0.1, 0.15) is 33.3 Å². The summed E-state index contributed by atoms with van der Waals surface area (Å²) < 4.78 is 37.0. The summed E-state index contributed by atoms with van der Waals surface area (Å²) in [6, 6.07) is 6.40. The van der Waals surface area contributed by atoms with Crippen molar-refractivity contribution in [3.63, 3.8) is 0 Å². The van der Waals surface area contributed by atoms with Gasteiger partial charge in [0.15, 0.2) is 0 Å². The van der Waals surface area contributed by atoms with Gasteiger partial charge in [0, 0.05) is 0 Å². The molecule has 4 N–H and O–H groups in total. The summed E-state index contributed by atoms with van der Waals surface area (Å²) in [5.41, 5.74) is 1.83. The predicted molar refractivity (Wildman–Crippen MR) is 117 cm³/mol. The average Bonchev–Trinajstić information content (AvgIpc) is 2.69. The first kappa shape index (κ1) is 27.1. The molecule has 2 atom stereocenters. The van der Waals surface area contributed by atoms with Gasteiger partial charge in [-0.2, -0.15) is 13.1 Å². The van der Waals surface area contributed by atoms with Gasteiger partial charge in [-0.15, -0.1) is 4.83 Å². The number of carbonyl (C=O) groups is 3. The number of hydrogen-bond donors (Lipinski definition) is 4. The van der Waals surface area contributed by atoms with Crippen LogP contribution in [-0.2, 0) is 35.7 Å². The number of rotatable bonds is 11. The minimum absolute atomic E-state index is 0.0255. The Morgan fingerprint density at radius 1 is 1.16 bits per heavy atom. The highest BCUT2D eigenvalue weighted by Crippen LogP contribution is 2.12. The number of hydrogen-bond acceptors (Lipinski definition) is 7.